The number of carbonyl (C=O) groups excluding carboxylic acids is 1. The highest BCUT2D eigenvalue weighted by molar-refractivity contribution is 6.46. The summed E-state index contributed by atoms with van der Waals surface area (Å²) < 4.78 is 4.89. The molecular weight excluding hydrogens is 274 g/mol. The highest BCUT2D eigenvalue weighted by Crippen LogP contribution is 2.33. The summed E-state index contributed by atoms with van der Waals surface area (Å²) in [6.07, 6.45) is 0.343. The Morgan fingerprint density at radius 2 is 1.81 bits per heavy atom. The molecule has 0 radical (unpaired) electrons. The summed E-state index contributed by atoms with van der Waals surface area (Å²) in [5.74, 6) is 0. The molecule has 16 heavy (non-hydrogen) atoms. The number of hydrogen-bond acceptors (Lipinski definition) is 3. The van der Waals surface area contributed by atoms with E-state index in [0.717, 1.165) is 0 Å². The van der Waals surface area contributed by atoms with Crippen molar-refractivity contribution in [3.05, 3.63) is 43.2 Å². The lowest BCUT2D eigenvalue weighted by Crippen LogP contribution is -2.07. The lowest BCUT2D eigenvalue weighted by Gasteiger charge is -2.03. The average Bonchev–Trinajstić information content (AvgIpc) is 2.25. The molecule has 0 aliphatic heterocycles. The molecule has 0 saturated heterocycles. The van der Waals surface area contributed by atoms with Crippen molar-refractivity contribution in [2.75, 3.05) is 0 Å². The number of aldehydes is 1. The van der Waals surface area contributed by atoms with Crippen molar-refractivity contribution in [3.8, 4) is 0 Å². The van der Waals surface area contributed by atoms with Crippen molar-refractivity contribution in [3.63, 3.8) is 0 Å². The molecular formula is C10H3Cl3O3. The SMILES string of the molecule is O=Cc1c(Cl)c2ccc(Cl)c(Cl)c2oc1=O. The Kier molecular flexibility index (Phi) is 2.93. The third kappa shape index (κ3) is 1.61. The molecule has 82 valence electrons. The van der Waals surface area contributed by atoms with Crippen LogP contribution >= 0.6 is 34.8 Å². The molecule has 0 aliphatic rings. The van der Waals surface area contributed by atoms with Crippen LogP contribution in [0.25, 0.3) is 11.0 Å². The quantitative estimate of drug-likeness (QED) is 0.591. The van der Waals surface area contributed by atoms with E-state index in [1.807, 2.05) is 0 Å². The second-order valence-corrected chi connectivity index (χ2v) is 4.14. The van der Waals surface area contributed by atoms with Crippen LogP contribution in [0, 0.1) is 0 Å². The molecule has 6 heteroatoms. The van der Waals surface area contributed by atoms with E-state index in [1.165, 1.54) is 12.1 Å². The lowest BCUT2D eigenvalue weighted by molar-refractivity contribution is 0.112. The Balaban J connectivity index is 3.04. The zero-order valence-electron chi connectivity index (χ0n) is 7.59. The van der Waals surface area contributed by atoms with Crippen LogP contribution in [-0.2, 0) is 0 Å². The van der Waals surface area contributed by atoms with Gasteiger partial charge in [0.25, 0.3) is 0 Å². The maximum absolute atomic E-state index is 11.4. The molecule has 1 heterocycles. The van der Waals surface area contributed by atoms with Gasteiger partial charge >= 0.3 is 5.63 Å². The molecule has 0 bridgehead atoms. The van der Waals surface area contributed by atoms with Crippen molar-refractivity contribution in [1.29, 1.82) is 0 Å². The topological polar surface area (TPSA) is 47.3 Å². The predicted molar refractivity (Wildman–Crippen MR) is 62.9 cm³/mol. The summed E-state index contributed by atoms with van der Waals surface area (Å²) in [6.45, 7) is 0. The third-order valence-electron chi connectivity index (χ3n) is 2.06. The van der Waals surface area contributed by atoms with Crippen molar-refractivity contribution in [2.45, 2.75) is 0 Å². The van der Waals surface area contributed by atoms with E-state index in [4.69, 9.17) is 39.2 Å². The van der Waals surface area contributed by atoms with Crippen molar-refractivity contribution < 1.29 is 9.21 Å². The van der Waals surface area contributed by atoms with Crippen LogP contribution in [0.15, 0.2) is 21.3 Å². The Morgan fingerprint density at radius 1 is 1.12 bits per heavy atom. The molecule has 0 fully saturated rings. The van der Waals surface area contributed by atoms with Crippen molar-refractivity contribution in [1.82, 2.24) is 0 Å². The van der Waals surface area contributed by atoms with E-state index < -0.39 is 5.63 Å². The lowest BCUT2D eigenvalue weighted by atomic mass is 10.2. The molecule has 1 aromatic heterocycles. The Bertz CT molecular complexity index is 646. The van der Waals surface area contributed by atoms with Gasteiger partial charge in [0.1, 0.15) is 10.6 Å². The summed E-state index contributed by atoms with van der Waals surface area (Å²) in [4.78, 5) is 22.0. The normalized spacial score (nSPS) is 10.7. The second-order valence-electron chi connectivity index (χ2n) is 2.97. The van der Waals surface area contributed by atoms with Crippen LogP contribution in [0.5, 0.6) is 0 Å². The van der Waals surface area contributed by atoms with Gasteiger partial charge in [-0.25, -0.2) is 4.79 Å². The van der Waals surface area contributed by atoms with Crippen molar-refractivity contribution in [2.24, 2.45) is 0 Å². The Morgan fingerprint density at radius 3 is 2.44 bits per heavy atom. The minimum absolute atomic E-state index is 0.0137. The van der Waals surface area contributed by atoms with Crippen LogP contribution in [0.1, 0.15) is 10.4 Å². The molecule has 0 unspecified atom stereocenters. The first kappa shape index (κ1) is 11.5. The minimum Gasteiger partial charge on any atom is -0.420 e. The highest BCUT2D eigenvalue weighted by Gasteiger charge is 2.15. The molecule has 2 rings (SSSR count). The fraction of sp³-hybridized carbons (Fsp3) is 0. The van der Waals surface area contributed by atoms with Gasteiger partial charge in [-0.1, -0.05) is 34.8 Å². The predicted octanol–water partition coefficient (Wildman–Crippen LogP) is 3.57. The maximum atomic E-state index is 11.4. The van der Waals surface area contributed by atoms with E-state index >= 15 is 0 Å². The number of fused-ring (bicyclic) bond motifs is 1. The number of rotatable bonds is 1. The van der Waals surface area contributed by atoms with Crippen LogP contribution in [0.2, 0.25) is 15.1 Å². The zero-order valence-corrected chi connectivity index (χ0v) is 9.86. The molecule has 0 N–H and O–H groups in total. The van der Waals surface area contributed by atoms with E-state index in [-0.39, 0.29) is 26.2 Å². The summed E-state index contributed by atoms with van der Waals surface area (Å²) in [7, 11) is 0. The molecule has 2 aromatic rings. The average molecular weight is 277 g/mol. The Labute approximate surface area is 105 Å². The monoisotopic (exact) mass is 276 g/mol. The van der Waals surface area contributed by atoms with Crippen LogP contribution in [0.3, 0.4) is 0 Å². The smallest absolute Gasteiger partial charge is 0.348 e. The first-order chi connectivity index (χ1) is 7.56. The molecule has 3 nitrogen and oxygen atoms in total. The number of carbonyl (C=O) groups is 1. The van der Waals surface area contributed by atoms with E-state index in [1.54, 1.807) is 0 Å². The first-order valence-corrected chi connectivity index (χ1v) is 5.25. The minimum atomic E-state index is -0.836. The summed E-state index contributed by atoms with van der Waals surface area (Å²) >= 11 is 17.5. The number of benzene rings is 1. The third-order valence-corrected chi connectivity index (χ3v) is 3.25. The fourth-order valence-electron chi connectivity index (χ4n) is 1.29. The summed E-state index contributed by atoms with van der Waals surface area (Å²) in [6, 6.07) is 3.04. The Hall–Kier alpha value is -1.03. The van der Waals surface area contributed by atoms with Gasteiger partial charge in [-0.15, -0.1) is 0 Å². The highest BCUT2D eigenvalue weighted by atomic mass is 35.5. The van der Waals surface area contributed by atoms with E-state index in [2.05, 4.69) is 0 Å². The van der Waals surface area contributed by atoms with Gasteiger partial charge in [0.15, 0.2) is 11.9 Å². The maximum Gasteiger partial charge on any atom is 0.348 e. The van der Waals surface area contributed by atoms with Gasteiger partial charge in [0.05, 0.1) is 10.0 Å². The molecule has 0 amide bonds. The first-order valence-electron chi connectivity index (χ1n) is 4.11. The van der Waals surface area contributed by atoms with Crippen LogP contribution in [0.4, 0.5) is 0 Å². The van der Waals surface area contributed by atoms with Gasteiger partial charge < -0.3 is 4.42 Å². The molecule has 0 saturated carbocycles. The largest absolute Gasteiger partial charge is 0.420 e. The second kappa shape index (κ2) is 4.09. The standard InChI is InChI=1S/C10H3Cl3O3/c11-6-2-1-4-7(12)5(3-14)10(15)16-9(4)8(6)13/h1-3H. The number of hydrogen-bond donors (Lipinski definition) is 0. The molecule has 0 aliphatic carbocycles. The van der Waals surface area contributed by atoms with Gasteiger partial charge in [-0.3, -0.25) is 4.79 Å². The van der Waals surface area contributed by atoms with Gasteiger partial charge in [0.2, 0.25) is 0 Å². The van der Waals surface area contributed by atoms with Gasteiger partial charge in [-0.2, -0.15) is 0 Å². The molecule has 0 atom stereocenters. The fourth-order valence-corrected chi connectivity index (χ4v) is 1.91. The van der Waals surface area contributed by atoms with Crippen LogP contribution < -0.4 is 5.63 Å². The zero-order chi connectivity index (χ0) is 11.9. The van der Waals surface area contributed by atoms with E-state index in [9.17, 15) is 9.59 Å². The van der Waals surface area contributed by atoms with E-state index in [0.29, 0.717) is 11.7 Å². The summed E-state index contributed by atoms with van der Waals surface area (Å²) in [5.41, 5.74) is -0.987. The van der Waals surface area contributed by atoms with Gasteiger partial charge in [-0.05, 0) is 12.1 Å². The van der Waals surface area contributed by atoms with Crippen molar-refractivity contribution >= 4 is 52.1 Å². The van der Waals surface area contributed by atoms with Gasteiger partial charge in [0, 0.05) is 5.39 Å². The molecule has 1 aromatic carbocycles. The summed E-state index contributed by atoms with van der Waals surface area (Å²) in [5, 5.41) is 0.723. The van der Waals surface area contributed by atoms with Crippen LogP contribution in [-0.4, -0.2) is 6.29 Å². The molecule has 0 spiro atoms. The number of halogens is 3.